The van der Waals surface area contributed by atoms with Crippen molar-refractivity contribution in [1.82, 2.24) is 5.43 Å². The third-order valence-corrected chi connectivity index (χ3v) is 4.91. The van der Waals surface area contributed by atoms with Crippen molar-refractivity contribution in [3.05, 3.63) is 69.7 Å². The number of hydrogen-bond donors (Lipinski definition) is 2. The van der Waals surface area contributed by atoms with Crippen LogP contribution in [0.1, 0.15) is 47.9 Å². The number of hydrogen-bond acceptors (Lipinski definition) is 2. The van der Waals surface area contributed by atoms with Crippen molar-refractivity contribution in [2.75, 3.05) is 0 Å². The Balaban J connectivity index is 1.79. The van der Waals surface area contributed by atoms with E-state index in [2.05, 4.69) is 63.8 Å². The lowest BCUT2D eigenvalue weighted by molar-refractivity contribution is 0.419. The van der Waals surface area contributed by atoms with Gasteiger partial charge in [0.25, 0.3) is 0 Å². The molecule has 1 fully saturated rings. The van der Waals surface area contributed by atoms with Gasteiger partial charge in [0.1, 0.15) is 0 Å². The minimum Gasteiger partial charge on any atom is -0.271 e. The summed E-state index contributed by atoms with van der Waals surface area (Å²) in [5, 5.41) is 0. The molecule has 3 rings (SSSR count). The van der Waals surface area contributed by atoms with E-state index >= 15 is 0 Å². The molecule has 1 atom stereocenters. The van der Waals surface area contributed by atoms with Gasteiger partial charge in [0.15, 0.2) is 0 Å². The minimum absolute atomic E-state index is 0.152. The molecule has 3 N–H and O–H groups in total. The van der Waals surface area contributed by atoms with Gasteiger partial charge in [0.05, 0.1) is 0 Å². The molecule has 2 aromatic carbocycles. The largest absolute Gasteiger partial charge is 0.271 e. The molecule has 2 nitrogen and oxygen atoms in total. The average Bonchev–Trinajstić information content (AvgIpc) is 2.43. The van der Waals surface area contributed by atoms with E-state index in [-0.39, 0.29) is 6.04 Å². The van der Waals surface area contributed by atoms with Gasteiger partial charge in [0.2, 0.25) is 0 Å². The first-order chi connectivity index (χ1) is 10.3. The Bertz CT molecular complexity index is 608. The van der Waals surface area contributed by atoms with Crippen LogP contribution in [0, 0.1) is 0 Å². The van der Waals surface area contributed by atoms with E-state index in [0.29, 0.717) is 0 Å². The zero-order chi connectivity index (χ0) is 14.7. The highest BCUT2D eigenvalue weighted by atomic mass is 79.9. The molecule has 0 radical (unpaired) electrons. The highest BCUT2D eigenvalue weighted by Crippen LogP contribution is 2.37. The van der Waals surface area contributed by atoms with Crippen molar-refractivity contribution in [3.63, 3.8) is 0 Å². The highest BCUT2D eigenvalue weighted by molar-refractivity contribution is 9.10. The lowest BCUT2D eigenvalue weighted by Crippen LogP contribution is -2.29. The smallest absolute Gasteiger partial charge is 0.0500 e. The van der Waals surface area contributed by atoms with Crippen LogP contribution in [0.5, 0.6) is 0 Å². The van der Waals surface area contributed by atoms with Crippen LogP contribution in [-0.2, 0) is 6.42 Å². The number of benzene rings is 2. The summed E-state index contributed by atoms with van der Waals surface area (Å²) in [4.78, 5) is 0. The lowest BCUT2D eigenvalue weighted by atomic mass is 9.79. The standard InChI is InChI=1S/C18H21BrN2/c19-17-9-1-4-13(10-17)11-18(21-20)16-8-3-7-15(12-16)14-5-2-6-14/h1,3-4,7-10,12,14,18,21H,2,5-6,11,20H2. The van der Waals surface area contributed by atoms with E-state index in [4.69, 9.17) is 5.84 Å². The summed E-state index contributed by atoms with van der Waals surface area (Å²) < 4.78 is 1.11. The van der Waals surface area contributed by atoms with Crippen molar-refractivity contribution < 1.29 is 0 Å². The molecule has 1 unspecified atom stereocenters. The summed E-state index contributed by atoms with van der Waals surface area (Å²) in [7, 11) is 0. The Morgan fingerprint density at radius 2 is 1.95 bits per heavy atom. The summed E-state index contributed by atoms with van der Waals surface area (Å²) >= 11 is 3.53. The molecule has 3 heteroatoms. The summed E-state index contributed by atoms with van der Waals surface area (Å²) in [6.45, 7) is 0. The Labute approximate surface area is 134 Å². The average molecular weight is 345 g/mol. The Morgan fingerprint density at radius 3 is 2.62 bits per heavy atom. The van der Waals surface area contributed by atoms with Crippen molar-refractivity contribution in [3.8, 4) is 0 Å². The molecule has 0 amide bonds. The van der Waals surface area contributed by atoms with Gasteiger partial charge in [-0.05, 0) is 54.0 Å². The van der Waals surface area contributed by atoms with Crippen LogP contribution in [0.4, 0.5) is 0 Å². The molecule has 21 heavy (non-hydrogen) atoms. The maximum absolute atomic E-state index is 5.80. The van der Waals surface area contributed by atoms with Gasteiger partial charge in [-0.1, -0.05) is 58.7 Å². The number of halogens is 1. The van der Waals surface area contributed by atoms with Crippen molar-refractivity contribution in [2.24, 2.45) is 5.84 Å². The lowest BCUT2D eigenvalue weighted by Gasteiger charge is -2.27. The molecule has 110 valence electrons. The van der Waals surface area contributed by atoms with Crippen LogP contribution in [0.2, 0.25) is 0 Å². The molecule has 0 spiro atoms. The van der Waals surface area contributed by atoms with E-state index < -0.39 is 0 Å². The van der Waals surface area contributed by atoms with Crippen molar-refractivity contribution >= 4 is 15.9 Å². The van der Waals surface area contributed by atoms with Crippen LogP contribution in [0.25, 0.3) is 0 Å². The van der Waals surface area contributed by atoms with Gasteiger partial charge in [-0.3, -0.25) is 11.3 Å². The molecule has 1 aliphatic carbocycles. The zero-order valence-corrected chi connectivity index (χ0v) is 13.6. The van der Waals surface area contributed by atoms with Gasteiger partial charge in [-0.25, -0.2) is 0 Å². The topological polar surface area (TPSA) is 38.0 Å². The fourth-order valence-corrected chi connectivity index (χ4v) is 3.39. The van der Waals surface area contributed by atoms with E-state index in [1.165, 1.54) is 36.0 Å². The van der Waals surface area contributed by atoms with Crippen LogP contribution in [0.3, 0.4) is 0 Å². The van der Waals surface area contributed by atoms with Crippen LogP contribution >= 0.6 is 15.9 Å². The van der Waals surface area contributed by atoms with E-state index in [9.17, 15) is 0 Å². The first-order valence-corrected chi connectivity index (χ1v) is 8.36. The number of hydrazine groups is 1. The van der Waals surface area contributed by atoms with Crippen molar-refractivity contribution in [2.45, 2.75) is 37.6 Å². The molecule has 0 bridgehead atoms. The fraction of sp³-hybridized carbons (Fsp3) is 0.333. The second kappa shape index (κ2) is 6.73. The van der Waals surface area contributed by atoms with Gasteiger partial charge >= 0.3 is 0 Å². The first-order valence-electron chi connectivity index (χ1n) is 7.56. The number of nitrogens with one attached hydrogen (secondary N) is 1. The van der Waals surface area contributed by atoms with Gasteiger partial charge in [-0.15, -0.1) is 0 Å². The SMILES string of the molecule is NNC(Cc1cccc(Br)c1)c1cccc(C2CCC2)c1. The fourth-order valence-electron chi connectivity index (χ4n) is 2.94. The van der Waals surface area contributed by atoms with Gasteiger partial charge in [0, 0.05) is 10.5 Å². The quantitative estimate of drug-likeness (QED) is 0.620. The summed E-state index contributed by atoms with van der Waals surface area (Å²) in [5.74, 6) is 6.56. The summed E-state index contributed by atoms with van der Waals surface area (Å²) in [6.07, 6.45) is 4.92. The molecule has 1 saturated carbocycles. The maximum Gasteiger partial charge on any atom is 0.0500 e. The molecule has 2 aromatic rings. The summed E-state index contributed by atoms with van der Waals surface area (Å²) in [5.41, 5.74) is 7.00. The monoisotopic (exact) mass is 344 g/mol. The van der Waals surface area contributed by atoms with Crippen LogP contribution in [0.15, 0.2) is 53.0 Å². The van der Waals surface area contributed by atoms with E-state index in [1.807, 2.05) is 6.07 Å². The zero-order valence-electron chi connectivity index (χ0n) is 12.1. The second-order valence-electron chi connectivity index (χ2n) is 5.85. The molecule has 0 aliphatic heterocycles. The maximum atomic E-state index is 5.80. The minimum atomic E-state index is 0.152. The molecule has 0 saturated heterocycles. The molecular formula is C18H21BrN2. The van der Waals surface area contributed by atoms with E-state index in [1.54, 1.807) is 0 Å². The van der Waals surface area contributed by atoms with Gasteiger partial charge < -0.3 is 0 Å². The predicted molar refractivity (Wildman–Crippen MR) is 90.9 cm³/mol. The third kappa shape index (κ3) is 3.54. The number of nitrogens with two attached hydrogens (primary N) is 1. The Morgan fingerprint density at radius 1 is 1.14 bits per heavy atom. The molecule has 0 heterocycles. The Kier molecular flexibility index (Phi) is 4.73. The van der Waals surface area contributed by atoms with Gasteiger partial charge in [-0.2, -0.15) is 0 Å². The predicted octanol–water partition coefficient (Wildman–Crippen LogP) is 4.46. The number of rotatable bonds is 5. The molecular weight excluding hydrogens is 324 g/mol. The highest BCUT2D eigenvalue weighted by Gasteiger charge is 2.20. The van der Waals surface area contributed by atoms with Crippen molar-refractivity contribution in [1.29, 1.82) is 0 Å². The summed E-state index contributed by atoms with van der Waals surface area (Å²) in [6, 6.07) is 17.5. The van der Waals surface area contributed by atoms with E-state index in [0.717, 1.165) is 16.8 Å². The normalized spacial score (nSPS) is 16.5. The second-order valence-corrected chi connectivity index (χ2v) is 6.77. The van der Waals surface area contributed by atoms with Crippen LogP contribution in [-0.4, -0.2) is 0 Å². The molecule has 1 aliphatic rings. The third-order valence-electron chi connectivity index (χ3n) is 4.42. The first kappa shape index (κ1) is 14.8. The molecule has 0 aromatic heterocycles. The Hall–Kier alpha value is -1.16. The van der Waals surface area contributed by atoms with Crippen LogP contribution < -0.4 is 11.3 Å².